The summed E-state index contributed by atoms with van der Waals surface area (Å²) in [6.45, 7) is -0.325. The highest BCUT2D eigenvalue weighted by atomic mass is 16.3. The van der Waals surface area contributed by atoms with Gasteiger partial charge in [-0.2, -0.15) is 0 Å². The molecule has 2 rings (SSSR count). The third-order valence-electron chi connectivity index (χ3n) is 2.80. The number of carbonyl (C=O) groups excluding carboxylic acids is 1. The van der Waals surface area contributed by atoms with Crippen LogP contribution in [0.4, 0.5) is 0 Å². The molecule has 18 heavy (non-hydrogen) atoms. The van der Waals surface area contributed by atoms with Crippen LogP contribution in [-0.2, 0) is 13.2 Å². The zero-order chi connectivity index (χ0) is 13.0. The van der Waals surface area contributed by atoms with E-state index in [-0.39, 0.29) is 19.0 Å². The van der Waals surface area contributed by atoms with E-state index in [1.54, 1.807) is 42.5 Å². The van der Waals surface area contributed by atoms with Crippen LogP contribution in [0.15, 0.2) is 48.5 Å². The Morgan fingerprint density at radius 1 is 0.944 bits per heavy atom. The fourth-order valence-electron chi connectivity index (χ4n) is 1.84. The summed E-state index contributed by atoms with van der Waals surface area (Å²) < 4.78 is 0. The summed E-state index contributed by atoms with van der Waals surface area (Å²) in [6.07, 6.45) is 0. The molecule has 0 aliphatic carbocycles. The van der Waals surface area contributed by atoms with E-state index < -0.39 is 0 Å². The van der Waals surface area contributed by atoms with Gasteiger partial charge < -0.3 is 10.2 Å². The lowest BCUT2D eigenvalue weighted by Gasteiger charge is -2.08. The molecule has 0 saturated carbocycles. The third kappa shape index (κ3) is 2.47. The number of benzene rings is 2. The SMILES string of the molecule is O=C(c1ccccc1)c1ccc(CO)cc1CO. The minimum atomic E-state index is -0.220. The summed E-state index contributed by atoms with van der Waals surface area (Å²) in [5.41, 5.74) is 2.28. The first-order valence-corrected chi connectivity index (χ1v) is 5.69. The van der Waals surface area contributed by atoms with Crippen molar-refractivity contribution in [3.8, 4) is 0 Å². The van der Waals surface area contributed by atoms with Crippen LogP contribution < -0.4 is 0 Å². The second-order valence-corrected chi connectivity index (χ2v) is 4.00. The number of aliphatic hydroxyl groups is 2. The van der Waals surface area contributed by atoms with Crippen LogP contribution in [0.2, 0.25) is 0 Å². The van der Waals surface area contributed by atoms with E-state index in [1.807, 2.05) is 6.07 Å². The summed E-state index contributed by atoms with van der Waals surface area (Å²) in [7, 11) is 0. The molecular formula is C15H14O3. The second-order valence-electron chi connectivity index (χ2n) is 4.00. The van der Waals surface area contributed by atoms with Crippen LogP contribution in [0.3, 0.4) is 0 Å². The van der Waals surface area contributed by atoms with Gasteiger partial charge in [0.2, 0.25) is 0 Å². The Labute approximate surface area is 105 Å². The zero-order valence-electron chi connectivity index (χ0n) is 9.84. The van der Waals surface area contributed by atoms with Gasteiger partial charge >= 0.3 is 0 Å². The Bertz CT molecular complexity index is 547. The van der Waals surface area contributed by atoms with Gasteiger partial charge in [-0.05, 0) is 11.1 Å². The maximum atomic E-state index is 12.3. The molecule has 0 saturated heterocycles. The molecule has 92 valence electrons. The van der Waals surface area contributed by atoms with E-state index in [0.29, 0.717) is 22.3 Å². The molecule has 0 aromatic heterocycles. The minimum Gasteiger partial charge on any atom is -0.392 e. The largest absolute Gasteiger partial charge is 0.392 e. The van der Waals surface area contributed by atoms with Crippen molar-refractivity contribution in [2.75, 3.05) is 0 Å². The Hall–Kier alpha value is -1.97. The average molecular weight is 242 g/mol. The first-order valence-electron chi connectivity index (χ1n) is 5.69. The average Bonchev–Trinajstić information content (AvgIpc) is 2.46. The summed E-state index contributed by atoms with van der Waals surface area (Å²) in [5.74, 6) is -0.121. The maximum Gasteiger partial charge on any atom is 0.193 e. The molecule has 2 aromatic rings. The Balaban J connectivity index is 2.42. The van der Waals surface area contributed by atoms with Crippen LogP contribution in [-0.4, -0.2) is 16.0 Å². The lowest BCUT2D eigenvalue weighted by molar-refractivity contribution is 0.103. The van der Waals surface area contributed by atoms with Gasteiger partial charge in [-0.15, -0.1) is 0 Å². The van der Waals surface area contributed by atoms with Gasteiger partial charge in [0.05, 0.1) is 13.2 Å². The van der Waals surface area contributed by atoms with Gasteiger partial charge in [0.25, 0.3) is 0 Å². The Morgan fingerprint density at radius 2 is 1.67 bits per heavy atom. The number of rotatable bonds is 4. The van der Waals surface area contributed by atoms with Crippen molar-refractivity contribution in [3.05, 3.63) is 70.8 Å². The highest BCUT2D eigenvalue weighted by Gasteiger charge is 2.13. The maximum absolute atomic E-state index is 12.3. The van der Waals surface area contributed by atoms with E-state index in [0.717, 1.165) is 0 Å². The van der Waals surface area contributed by atoms with Crippen molar-refractivity contribution in [1.82, 2.24) is 0 Å². The summed E-state index contributed by atoms with van der Waals surface area (Å²) >= 11 is 0. The lowest BCUT2D eigenvalue weighted by atomic mass is 9.97. The molecule has 0 aliphatic rings. The third-order valence-corrected chi connectivity index (χ3v) is 2.80. The van der Waals surface area contributed by atoms with Crippen molar-refractivity contribution in [3.63, 3.8) is 0 Å². The molecule has 0 unspecified atom stereocenters. The van der Waals surface area contributed by atoms with Crippen molar-refractivity contribution in [1.29, 1.82) is 0 Å². The van der Waals surface area contributed by atoms with Crippen LogP contribution in [0.5, 0.6) is 0 Å². The van der Waals surface area contributed by atoms with Gasteiger partial charge in [0, 0.05) is 11.1 Å². The predicted molar refractivity (Wildman–Crippen MR) is 68.2 cm³/mol. The molecule has 2 N–H and O–H groups in total. The first-order chi connectivity index (χ1) is 8.76. The fraction of sp³-hybridized carbons (Fsp3) is 0.133. The molecule has 0 atom stereocenters. The predicted octanol–water partition coefficient (Wildman–Crippen LogP) is 1.90. The normalized spacial score (nSPS) is 10.3. The summed E-state index contributed by atoms with van der Waals surface area (Å²) in [5, 5.41) is 18.3. The standard InChI is InChI=1S/C15H14O3/c16-9-11-6-7-14(13(8-11)10-17)15(18)12-4-2-1-3-5-12/h1-8,16-17H,9-10H2. The molecular weight excluding hydrogens is 228 g/mol. The van der Waals surface area contributed by atoms with E-state index in [2.05, 4.69) is 0 Å². The van der Waals surface area contributed by atoms with E-state index in [9.17, 15) is 9.90 Å². The van der Waals surface area contributed by atoms with E-state index >= 15 is 0 Å². The van der Waals surface area contributed by atoms with E-state index in [1.165, 1.54) is 0 Å². The second kappa shape index (κ2) is 5.58. The number of carbonyl (C=O) groups is 1. The van der Waals surface area contributed by atoms with Gasteiger partial charge in [-0.1, -0.05) is 48.5 Å². The van der Waals surface area contributed by atoms with Crippen LogP contribution in [0, 0.1) is 0 Å². The minimum absolute atomic E-state index is 0.104. The molecule has 0 heterocycles. The Kier molecular flexibility index (Phi) is 3.87. The first kappa shape index (κ1) is 12.5. The summed E-state index contributed by atoms with van der Waals surface area (Å²) in [6, 6.07) is 13.9. The van der Waals surface area contributed by atoms with Gasteiger partial charge in [-0.3, -0.25) is 4.79 Å². The Morgan fingerprint density at radius 3 is 2.28 bits per heavy atom. The number of hydrogen-bond acceptors (Lipinski definition) is 3. The molecule has 3 nitrogen and oxygen atoms in total. The molecule has 0 bridgehead atoms. The monoisotopic (exact) mass is 242 g/mol. The molecule has 2 aromatic carbocycles. The topological polar surface area (TPSA) is 57.5 Å². The van der Waals surface area contributed by atoms with Crippen LogP contribution in [0.25, 0.3) is 0 Å². The molecule has 0 aliphatic heterocycles. The quantitative estimate of drug-likeness (QED) is 0.805. The highest BCUT2D eigenvalue weighted by molar-refractivity contribution is 6.09. The van der Waals surface area contributed by atoms with Gasteiger partial charge in [0.15, 0.2) is 5.78 Å². The van der Waals surface area contributed by atoms with Crippen LogP contribution >= 0.6 is 0 Å². The fourth-order valence-corrected chi connectivity index (χ4v) is 1.84. The lowest BCUT2D eigenvalue weighted by Crippen LogP contribution is -2.06. The van der Waals surface area contributed by atoms with Crippen LogP contribution in [0.1, 0.15) is 27.0 Å². The molecule has 0 spiro atoms. The molecule has 3 heteroatoms. The van der Waals surface area contributed by atoms with Crippen molar-refractivity contribution in [2.24, 2.45) is 0 Å². The molecule has 0 radical (unpaired) electrons. The highest BCUT2D eigenvalue weighted by Crippen LogP contribution is 2.17. The van der Waals surface area contributed by atoms with Crippen molar-refractivity contribution < 1.29 is 15.0 Å². The van der Waals surface area contributed by atoms with Gasteiger partial charge in [0.1, 0.15) is 0 Å². The number of ketones is 1. The molecule has 0 fully saturated rings. The van der Waals surface area contributed by atoms with Gasteiger partial charge in [-0.25, -0.2) is 0 Å². The van der Waals surface area contributed by atoms with E-state index in [4.69, 9.17) is 5.11 Å². The smallest absolute Gasteiger partial charge is 0.193 e. The number of hydrogen-bond donors (Lipinski definition) is 2. The number of aliphatic hydroxyl groups excluding tert-OH is 2. The van der Waals surface area contributed by atoms with Crippen molar-refractivity contribution >= 4 is 5.78 Å². The zero-order valence-corrected chi connectivity index (χ0v) is 9.84. The summed E-state index contributed by atoms with van der Waals surface area (Å²) in [4.78, 5) is 12.3. The van der Waals surface area contributed by atoms with Crippen molar-refractivity contribution in [2.45, 2.75) is 13.2 Å². The molecule has 0 amide bonds.